The number of Topliss-reactive ketones (excluding diaryl/α,β-unsaturated/α-hetero) is 1. The number of carbonyl (C=O) groups excluding carboxylic acids is 1. The zero-order valence-electron chi connectivity index (χ0n) is 13.8. The fourth-order valence-electron chi connectivity index (χ4n) is 4.56. The average molecular weight is 292 g/mol. The lowest BCUT2D eigenvalue weighted by Gasteiger charge is -2.57. The molecule has 2 fully saturated rings. The molecule has 2 nitrogen and oxygen atoms in total. The van der Waals surface area contributed by atoms with Crippen molar-refractivity contribution >= 4 is 14.1 Å². The van der Waals surface area contributed by atoms with E-state index in [1.54, 1.807) is 0 Å². The number of carbonyl (C=O) groups is 1. The summed E-state index contributed by atoms with van der Waals surface area (Å²) in [4.78, 5) is 12.5. The molecule has 3 atom stereocenters. The second kappa shape index (κ2) is 3.86. The topological polar surface area (TPSA) is 26.3 Å². The molecule has 0 amide bonds. The Morgan fingerprint density at radius 2 is 2.00 bits per heavy atom. The Morgan fingerprint density at radius 3 is 2.55 bits per heavy atom. The minimum atomic E-state index is -1.85. The van der Waals surface area contributed by atoms with Crippen LogP contribution in [0.4, 0.5) is 0 Å². The van der Waals surface area contributed by atoms with E-state index in [-0.39, 0.29) is 16.1 Å². The number of rotatable bonds is 2. The Balaban J connectivity index is 1.99. The lowest BCUT2D eigenvalue weighted by atomic mass is 9.54. The molecule has 0 bridgehead atoms. The third-order valence-corrected chi connectivity index (χ3v) is 11.1. The monoisotopic (exact) mass is 292 g/mol. The van der Waals surface area contributed by atoms with Crippen LogP contribution >= 0.6 is 0 Å². The van der Waals surface area contributed by atoms with Crippen molar-refractivity contribution in [2.45, 2.75) is 77.1 Å². The summed E-state index contributed by atoms with van der Waals surface area (Å²) in [6.07, 6.45) is 6.35. The van der Waals surface area contributed by atoms with Crippen molar-refractivity contribution in [3.8, 4) is 0 Å². The van der Waals surface area contributed by atoms with Crippen molar-refractivity contribution in [2.75, 3.05) is 0 Å². The van der Waals surface area contributed by atoms with Gasteiger partial charge in [0.2, 0.25) is 0 Å². The van der Waals surface area contributed by atoms with Crippen molar-refractivity contribution < 1.29 is 9.22 Å². The Kier molecular flexibility index (Phi) is 2.80. The molecule has 0 aliphatic heterocycles. The van der Waals surface area contributed by atoms with Crippen molar-refractivity contribution in [1.29, 1.82) is 0 Å². The van der Waals surface area contributed by atoms with Gasteiger partial charge in [0.05, 0.1) is 11.0 Å². The van der Waals surface area contributed by atoms with E-state index >= 15 is 0 Å². The third-order valence-electron chi connectivity index (χ3n) is 6.59. The SMILES string of the molecule is CC1=C[C@@]2(O[Si](C)(C)C(C)(C)C)CC(=O)[C@]23CCC[C@H]13. The molecule has 0 N–H and O–H groups in total. The minimum absolute atomic E-state index is 0.174. The predicted octanol–water partition coefficient (Wildman–Crippen LogP) is 4.47. The Hall–Kier alpha value is -0.413. The molecule has 0 aromatic heterocycles. The fourth-order valence-corrected chi connectivity index (χ4v) is 6.09. The quantitative estimate of drug-likeness (QED) is 0.554. The smallest absolute Gasteiger partial charge is 0.193 e. The van der Waals surface area contributed by atoms with E-state index in [0.717, 1.165) is 6.42 Å². The summed E-state index contributed by atoms with van der Waals surface area (Å²) in [5, 5.41) is 0.194. The lowest BCUT2D eigenvalue weighted by molar-refractivity contribution is -0.168. The molecule has 0 aromatic rings. The van der Waals surface area contributed by atoms with E-state index in [1.165, 1.54) is 18.4 Å². The molecule has 3 aliphatic rings. The predicted molar refractivity (Wildman–Crippen MR) is 84.2 cm³/mol. The summed E-state index contributed by atoms with van der Waals surface area (Å²) in [5.41, 5.74) is 0.984. The van der Waals surface area contributed by atoms with Crippen LogP contribution in [0.2, 0.25) is 18.1 Å². The Morgan fingerprint density at radius 1 is 1.35 bits per heavy atom. The molecule has 3 heteroatoms. The average Bonchev–Trinajstić information content (AvgIpc) is 2.78. The van der Waals surface area contributed by atoms with Crippen molar-refractivity contribution in [1.82, 2.24) is 0 Å². The van der Waals surface area contributed by atoms with Crippen LogP contribution in [0.1, 0.15) is 53.4 Å². The van der Waals surface area contributed by atoms with Gasteiger partial charge >= 0.3 is 0 Å². The molecule has 0 aromatic carbocycles. The highest BCUT2D eigenvalue weighted by Gasteiger charge is 2.74. The van der Waals surface area contributed by atoms with Crippen LogP contribution in [-0.4, -0.2) is 19.7 Å². The standard InChI is InChI=1S/C17H28O2Si/c1-12-10-16(19-20(5,6)15(2,3)4)11-14(18)17(16)9-7-8-13(12)17/h10,13H,7-9,11H2,1-6H3/t13-,16-,17-/m1/s1. The van der Waals surface area contributed by atoms with E-state index in [0.29, 0.717) is 18.1 Å². The van der Waals surface area contributed by atoms with Gasteiger partial charge in [-0.15, -0.1) is 0 Å². The van der Waals surface area contributed by atoms with Crippen LogP contribution in [0.15, 0.2) is 11.6 Å². The van der Waals surface area contributed by atoms with Crippen molar-refractivity contribution in [3.05, 3.63) is 11.6 Å². The minimum Gasteiger partial charge on any atom is -0.406 e. The van der Waals surface area contributed by atoms with Crippen LogP contribution < -0.4 is 0 Å². The molecular formula is C17H28O2Si. The largest absolute Gasteiger partial charge is 0.406 e. The first-order valence-electron chi connectivity index (χ1n) is 7.99. The van der Waals surface area contributed by atoms with Crippen molar-refractivity contribution in [3.63, 3.8) is 0 Å². The van der Waals surface area contributed by atoms with Gasteiger partial charge in [0.25, 0.3) is 0 Å². The first-order chi connectivity index (χ1) is 9.06. The normalized spacial score (nSPS) is 40.2. The summed E-state index contributed by atoms with van der Waals surface area (Å²) in [7, 11) is -1.85. The van der Waals surface area contributed by atoms with Gasteiger partial charge in [-0.3, -0.25) is 4.79 Å². The van der Waals surface area contributed by atoms with Gasteiger partial charge in [0.1, 0.15) is 5.78 Å². The summed E-state index contributed by atoms with van der Waals surface area (Å²) in [6, 6.07) is 0. The molecule has 20 heavy (non-hydrogen) atoms. The molecule has 112 valence electrons. The molecule has 0 radical (unpaired) electrons. The van der Waals surface area contributed by atoms with Gasteiger partial charge in [-0.1, -0.05) is 38.8 Å². The van der Waals surface area contributed by atoms with Crippen molar-refractivity contribution in [2.24, 2.45) is 11.3 Å². The number of ketones is 1. The molecule has 1 spiro atoms. The van der Waals surface area contributed by atoms with E-state index in [2.05, 4.69) is 46.9 Å². The van der Waals surface area contributed by atoms with E-state index in [9.17, 15) is 4.79 Å². The first kappa shape index (κ1) is 14.5. The second-order valence-corrected chi connectivity index (χ2v) is 13.4. The fraction of sp³-hybridized carbons (Fsp3) is 0.824. The molecule has 2 saturated carbocycles. The highest BCUT2D eigenvalue weighted by molar-refractivity contribution is 6.74. The van der Waals surface area contributed by atoms with Gasteiger partial charge in [-0.25, -0.2) is 0 Å². The molecule has 0 heterocycles. The van der Waals surface area contributed by atoms with Crippen LogP contribution in [0.25, 0.3) is 0 Å². The van der Waals surface area contributed by atoms with E-state index < -0.39 is 8.32 Å². The van der Waals surface area contributed by atoms with Gasteiger partial charge in [0, 0.05) is 6.42 Å². The lowest BCUT2D eigenvalue weighted by Crippen LogP contribution is -2.67. The highest BCUT2D eigenvalue weighted by atomic mass is 28.4. The Bertz CT molecular complexity index is 500. The number of hydrogen-bond acceptors (Lipinski definition) is 2. The second-order valence-electron chi connectivity index (χ2n) is 8.66. The molecular weight excluding hydrogens is 264 g/mol. The zero-order chi connectivity index (χ0) is 15.0. The molecule has 0 unspecified atom stereocenters. The summed E-state index contributed by atoms with van der Waals surface area (Å²) in [6.45, 7) is 13.7. The van der Waals surface area contributed by atoms with Crippen LogP contribution in [0, 0.1) is 11.3 Å². The number of hydrogen-bond donors (Lipinski definition) is 0. The van der Waals surface area contributed by atoms with E-state index in [4.69, 9.17) is 4.43 Å². The summed E-state index contributed by atoms with van der Waals surface area (Å²) >= 11 is 0. The van der Waals surface area contributed by atoms with Gasteiger partial charge < -0.3 is 4.43 Å². The number of allylic oxidation sites excluding steroid dienone is 1. The Labute approximate surface area is 124 Å². The highest BCUT2D eigenvalue weighted by Crippen LogP contribution is 2.69. The van der Waals surface area contributed by atoms with Gasteiger partial charge in [0.15, 0.2) is 8.32 Å². The third kappa shape index (κ3) is 1.51. The summed E-state index contributed by atoms with van der Waals surface area (Å²) in [5.74, 6) is 0.931. The summed E-state index contributed by atoms with van der Waals surface area (Å²) < 4.78 is 6.84. The molecule has 3 aliphatic carbocycles. The van der Waals surface area contributed by atoms with Gasteiger partial charge in [-0.05, 0) is 43.8 Å². The maximum atomic E-state index is 12.5. The van der Waals surface area contributed by atoms with E-state index in [1.807, 2.05) is 0 Å². The van der Waals surface area contributed by atoms with Gasteiger partial charge in [-0.2, -0.15) is 0 Å². The maximum absolute atomic E-state index is 12.5. The first-order valence-corrected chi connectivity index (χ1v) is 10.9. The molecule has 3 rings (SSSR count). The maximum Gasteiger partial charge on any atom is 0.193 e. The van der Waals surface area contributed by atoms with Crippen LogP contribution in [-0.2, 0) is 9.22 Å². The van der Waals surface area contributed by atoms with Crippen LogP contribution in [0.3, 0.4) is 0 Å². The van der Waals surface area contributed by atoms with Crippen LogP contribution in [0.5, 0.6) is 0 Å². The molecule has 0 saturated heterocycles. The zero-order valence-corrected chi connectivity index (χ0v) is 14.8.